The van der Waals surface area contributed by atoms with Crippen LogP contribution in [-0.4, -0.2) is 51.0 Å². The number of benzene rings is 2. The minimum atomic E-state index is 0.405. The highest BCUT2D eigenvalue weighted by Crippen LogP contribution is 2.21. The van der Waals surface area contributed by atoms with Crippen molar-refractivity contribution in [3.63, 3.8) is 0 Å². The molecule has 172 valence electrons. The van der Waals surface area contributed by atoms with Crippen LogP contribution >= 0.6 is 11.6 Å². The van der Waals surface area contributed by atoms with E-state index < -0.39 is 0 Å². The molecule has 7 nitrogen and oxygen atoms in total. The molecule has 1 aliphatic heterocycles. The third-order valence-corrected chi connectivity index (χ3v) is 6.06. The molecule has 0 radical (unpaired) electrons. The van der Waals surface area contributed by atoms with Gasteiger partial charge in [0.1, 0.15) is 12.9 Å². The standard InChI is InChI=1S/C26H25ClN6O/c27-24-3-1-2-21(12-24)18-34-26-16-28-15-25(31-26)33-10-8-32(9-11-33)17-20-4-6-22(7-5-20)23-13-29-19-30-14-23/h1-7,12-16,19H,8-11,17-18H2. The van der Waals surface area contributed by atoms with Crippen molar-refractivity contribution in [3.05, 3.63) is 95.8 Å². The fraction of sp³-hybridized carbons (Fsp3) is 0.231. The van der Waals surface area contributed by atoms with Gasteiger partial charge in [-0.15, -0.1) is 0 Å². The van der Waals surface area contributed by atoms with Crippen LogP contribution < -0.4 is 9.64 Å². The summed E-state index contributed by atoms with van der Waals surface area (Å²) < 4.78 is 5.84. The van der Waals surface area contributed by atoms with Crippen LogP contribution in [0.5, 0.6) is 5.88 Å². The zero-order valence-corrected chi connectivity index (χ0v) is 19.5. The van der Waals surface area contributed by atoms with Crippen molar-refractivity contribution in [2.24, 2.45) is 0 Å². The predicted octanol–water partition coefficient (Wildman–Crippen LogP) is 4.49. The molecular weight excluding hydrogens is 448 g/mol. The molecule has 3 heterocycles. The van der Waals surface area contributed by atoms with Crippen molar-refractivity contribution in [2.45, 2.75) is 13.2 Å². The number of hydrogen-bond acceptors (Lipinski definition) is 7. The number of piperazine rings is 1. The van der Waals surface area contributed by atoms with E-state index in [0.29, 0.717) is 17.5 Å². The normalized spacial score (nSPS) is 14.2. The molecule has 0 spiro atoms. The highest BCUT2D eigenvalue weighted by atomic mass is 35.5. The zero-order chi connectivity index (χ0) is 23.2. The summed E-state index contributed by atoms with van der Waals surface area (Å²) in [6.07, 6.45) is 8.67. The van der Waals surface area contributed by atoms with Crippen LogP contribution in [0, 0.1) is 0 Å². The first-order chi connectivity index (χ1) is 16.7. The maximum Gasteiger partial charge on any atom is 0.234 e. The molecule has 8 heteroatoms. The van der Waals surface area contributed by atoms with Crippen molar-refractivity contribution in [2.75, 3.05) is 31.1 Å². The van der Waals surface area contributed by atoms with Crippen LogP contribution in [-0.2, 0) is 13.2 Å². The molecule has 0 aliphatic carbocycles. The number of halogens is 1. The van der Waals surface area contributed by atoms with Gasteiger partial charge < -0.3 is 9.64 Å². The largest absolute Gasteiger partial charge is 0.472 e. The van der Waals surface area contributed by atoms with E-state index in [1.54, 1.807) is 18.7 Å². The minimum absolute atomic E-state index is 0.405. The van der Waals surface area contributed by atoms with E-state index in [1.807, 2.05) is 36.7 Å². The maximum atomic E-state index is 6.05. The Labute approximate surface area is 204 Å². The second-order valence-electron chi connectivity index (χ2n) is 8.22. The van der Waals surface area contributed by atoms with Crippen LogP contribution in [0.15, 0.2) is 79.6 Å². The first-order valence-corrected chi connectivity index (χ1v) is 11.6. The maximum absolute atomic E-state index is 6.05. The van der Waals surface area contributed by atoms with Crippen molar-refractivity contribution < 1.29 is 4.74 Å². The van der Waals surface area contributed by atoms with E-state index in [2.05, 4.69) is 54.0 Å². The number of anilines is 1. The fourth-order valence-electron chi connectivity index (χ4n) is 3.99. The van der Waals surface area contributed by atoms with E-state index in [0.717, 1.165) is 55.2 Å². The molecule has 0 atom stereocenters. The summed E-state index contributed by atoms with van der Waals surface area (Å²) in [7, 11) is 0. The molecule has 0 unspecified atom stereocenters. The van der Waals surface area contributed by atoms with Gasteiger partial charge in [-0.2, -0.15) is 4.98 Å². The van der Waals surface area contributed by atoms with Gasteiger partial charge in [-0.05, 0) is 28.8 Å². The van der Waals surface area contributed by atoms with E-state index in [9.17, 15) is 0 Å². The van der Waals surface area contributed by atoms with Gasteiger partial charge in [0.15, 0.2) is 5.82 Å². The summed E-state index contributed by atoms with van der Waals surface area (Å²) in [5.74, 6) is 1.36. The summed E-state index contributed by atoms with van der Waals surface area (Å²) in [5.41, 5.74) is 4.46. The average Bonchev–Trinajstić information content (AvgIpc) is 2.89. The zero-order valence-electron chi connectivity index (χ0n) is 18.7. The molecule has 0 bridgehead atoms. The van der Waals surface area contributed by atoms with Gasteiger partial charge in [0.2, 0.25) is 5.88 Å². The lowest BCUT2D eigenvalue weighted by atomic mass is 10.1. The summed E-state index contributed by atoms with van der Waals surface area (Å²) >= 11 is 6.05. The van der Waals surface area contributed by atoms with E-state index in [-0.39, 0.29) is 0 Å². The molecule has 2 aromatic heterocycles. The molecule has 0 N–H and O–H groups in total. The topological polar surface area (TPSA) is 67.3 Å². The number of ether oxygens (including phenoxy) is 1. The van der Waals surface area contributed by atoms with Crippen molar-refractivity contribution in [1.82, 2.24) is 24.8 Å². The summed E-state index contributed by atoms with van der Waals surface area (Å²) in [6.45, 7) is 5.04. The molecular formula is C26H25ClN6O. The lowest BCUT2D eigenvalue weighted by Gasteiger charge is -2.35. The Morgan fingerprint density at radius 2 is 1.59 bits per heavy atom. The molecule has 0 amide bonds. The van der Waals surface area contributed by atoms with E-state index in [4.69, 9.17) is 16.3 Å². The Morgan fingerprint density at radius 1 is 0.794 bits per heavy atom. The Bertz CT molecular complexity index is 1210. The van der Waals surface area contributed by atoms with Crippen LogP contribution in [0.1, 0.15) is 11.1 Å². The van der Waals surface area contributed by atoms with Crippen LogP contribution in [0.25, 0.3) is 11.1 Å². The smallest absolute Gasteiger partial charge is 0.234 e. The monoisotopic (exact) mass is 472 g/mol. The third-order valence-electron chi connectivity index (χ3n) is 5.83. The van der Waals surface area contributed by atoms with E-state index in [1.165, 1.54) is 5.56 Å². The SMILES string of the molecule is Clc1cccc(COc2cncc(N3CCN(Cc4ccc(-c5cncnc5)cc4)CC3)n2)c1. The molecule has 34 heavy (non-hydrogen) atoms. The van der Waals surface area contributed by atoms with Crippen molar-refractivity contribution in [1.29, 1.82) is 0 Å². The van der Waals surface area contributed by atoms with Crippen LogP contribution in [0.4, 0.5) is 5.82 Å². The molecule has 1 saturated heterocycles. The van der Waals surface area contributed by atoms with Crippen LogP contribution in [0.3, 0.4) is 0 Å². The molecule has 5 rings (SSSR count). The van der Waals surface area contributed by atoms with Crippen molar-refractivity contribution >= 4 is 17.4 Å². The Hall–Kier alpha value is -3.55. The van der Waals surface area contributed by atoms with Crippen LogP contribution in [0.2, 0.25) is 5.02 Å². The molecule has 1 fully saturated rings. The second kappa shape index (κ2) is 10.6. The summed E-state index contributed by atoms with van der Waals surface area (Å²) in [5, 5.41) is 0.695. The lowest BCUT2D eigenvalue weighted by Crippen LogP contribution is -2.46. The van der Waals surface area contributed by atoms with Gasteiger partial charge in [0.25, 0.3) is 0 Å². The highest BCUT2D eigenvalue weighted by Gasteiger charge is 2.19. The van der Waals surface area contributed by atoms with Crippen molar-refractivity contribution in [3.8, 4) is 17.0 Å². The number of hydrogen-bond donors (Lipinski definition) is 0. The molecule has 1 aliphatic rings. The van der Waals surface area contributed by atoms with Gasteiger partial charge in [0.05, 0.1) is 12.4 Å². The van der Waals surface area contributed by atoms with Gasteiger partial charge >= 0.3 is 0 Å². The first kappa shape index (κ1) is 22.3. The van der Waals surface area contributed by atoms with Gasteiger partial charge in [-0.3, -0.25) is 9.88 Å². The molecule has 4 aromatic rings. The Kier molecular flexibility index (Phi) is 6.93. The third kappa shape index (κ3) is 5.68. The Balaban J connectivity index is 1.13. The number of nitrogens with zero attached hydrogens (tertiary/aromatic N) is 6. The van der Waals surface area contributed by atoms with Gasteiger partial charge in [-0.1, -0.05) is 48.0 Å². The quantitative estimate of drug-likeness (QED) is 0.392. The molecule has 2 aromatic carbocycles. The Morgan fingerprint density at radius 3 is 2.35 bits per heavy atom. The summed E-state index contributed by atoms with van der Waals surface area (Å²) in [4.78, 5) is 21.9. The summed E-state index contributed by atoms with van der Waals surface area (Å²) in [6, 6.07) is 16.3. The van der Waals surface area contributed by atoms with Gasteiger partial charge in [-0.25, -0.2) is 9.97 Å². The first-order valence-electron chi connectivity index (χ1n) is 11.2. The fourth-order valence-corrected chi connectivity index (χ4v) is 4.20. The second-order valence-corrected chi connectivity index (χ2v) is 8.66. The number of rotatable bonds is 7. The highest BCUT2D eigenvalue weighted by molar-refractivity contribution is 6.30. The van der Waals surface area contributed by atoms with E-state index >= 15 is 0 Å². The lowest BCUT2D eigenvalue weighted by molar-refractivity contribution is 0.248. The predicted molar refractivity (Wildman–Crippen MR) is 133 cm³/mol. The van der Waals surface area contributed by atoms with Gasteiger partial charge in [0, 0.05) is 55.7 Å². The average molecular weight is 473 g/mol. The minimum Gasteiger partial charge on any atom is -0.472 e. The number of aromatic nitrogens is 4. The molecule has 0 saturated carbocycles.